The van der Waals surface area contributed by atoms with E-state index in [2.05, 4.69) is 45.0 Å². The van der Waals surface area contributed by atoms with E-state index in [4.69, 9.17) is 5.11 Å². The van der Waals surface area contributed by atoms with Crippen LogP contribution in [-0.2, 0) is 21.0 Å². The molecule has 4 aliphatic rings. The third-order valence-corrected chi connectivity index (χ3v) is 7.68. The largest absolute Gasteiger partial charge is 0.478 e. The molecule has 2 heteroatoms. The Kier molecular flexibility index (Phi) is 3.77. The number of hydrogen-bond acceptors (Lipinski definition) is 1. The first-order valence-corrected chi connectivity index (χ1v) is 9.91. The van der Waals surface area contributed by atoms with Crippen molar-refractivity contribution in [2.24, 2.45) is 5.92 Å². The maximum absolute atomic E-state index is 10.8. The Balaban J connectivity index is 1.61. The molecule has 26 heavy (non-hydrogen) atoms. The van der Waals surface area contributed by atoms with E-state index in [0.717, 1.165) is 12.0 Å². The number of allylic oxidation sites excluding steroid dienone is 3. The van der Waals surface area contributed by atoms with Crippen LogP contribution in [0.1, 0.15) is 76.5 Å². The van der Waals surface area contributed by atoms with E-state index in [1.165, 1.54) is 37.3 Å². The molecule has 2 saturated carbocycles. The molecular formula is C24H30O2. The van der Waals surface area contributed by atoms with E-state index in [0.29, 0.717) is 16.7 Å². The van der Waals surface area contributed by atoms with Crippen LogP contribution in [-0.4, -0.2) is 11.1 Å². The molecule has 0 saturated heterocycles. The molecule has 0 amide bonds. The van der Waals surface area contributed by atoms with Gasteiger partial charge in [0, 0.05) is 6.08 Å². The summed E-state index contributed by atoms with van der Waals surface area (Å²) in [4.78, 5) is 10.8. The first-order valence-electron chi connectivity index (χ1n) is 9.91. The highest BCUT2D eigenvalue weighted by Gasteiger charge is 2.52. The molecule has 2 bridgehead atoms. The van der Waals surface area contributed by atoms with Gasteiger partial charge in [-0.3, -0.25) is 0 Å². The number of carboxylic acids is 1. The van der Waals surface area contributed by atoms with Crippen LogP contribution >= 0.6 is 0 Å². The van der Waals surface area contributed by atoms with E-state index >= 15 is 0 Å². The van der Waals surface area contributed by atoms with Gasteiger partial charge in [-0.05, 0) is 83.5 Å². The van der Waals surface area contributed by atoms with Crippen LogP contribution in [0.15, 0.2) is 42.0 Å². The summed E-state index contributed by atoms with van der Waals surface area (Å²) in [5, 5.41) is 8.84. The normalized spacial score (nSPS) is 38.5. The summed E-state index contributed by atoms with van der Waals surface area (Å²) in [6, 6.07) is 7.29. The highest BCUT2D eigenvalue weighted by molar-refractivity contribution is 5.81. The zero-order chi connectivity index (χ0) is 18.7. The molecule has 1 unspecified atom stereocenters. The van der Waals surface area contributed by atoms with Crippen molar-refractivity contribution in [2.75, 3.05) is 0 Å². The predicted octanol–water partition coefficient (Wildman–Crippen LogP) is 5.65. The second-order valence-corrected chi connectivity index (χ2v) is 9.70. The van der Waals surface area contributed by atoms with E-state index < -0.39 is 5.97 Å². The number of rotatable bonds is 4. The minimum atomic E-state index is -0.878. The molecule has 1 aromatic rings. The molecule has 1 N–H and O–H groups in total. The minimum absolute atomic E-state index is 0.197. The summed E-state index contributed by atoms with van der Waals surface area (Å²) in [5.41, 5.74) is 6.40. The average molecular weight is 351 g/mol. The third kappa shape index (κ3) is 2.66. The second-order valence-electron chi connectivity index (χ2n) is 9.70. The lowest BCUT2D eigenvalue weighted by Crippen LogP contribution is -2.44. The van der Waals surface area contributed by atoms with Gasteiger partial charge in [0.1, 0.15) is 0 Å². The van der Waals surface area contributed by atoms with Crippen LogP contribution in [0.25, 0.3) is 0 Å². The summed E-state index contributed by atoms with van der Waals surface area (Å²) in [7, 11) is 0. The minimum Gasteiger partial charge on any atom is -0.478 e. The first kappa shape index (κ1) is 17.6. The summed E-state index contributed by atoms with van der Waals surface area (Å²) in [6.45, 7) is 9.11. The molecule has 0 heterocycles. The van der Waals surface area contributed by atoms with Crippen LogP contribution < -0.4 is 0 Å². The lowest BCUT2D eigenvalue weighted by atomic mass is 9.52. The maximum Gasteiger partial charge on any atom is 0.328 e. The molecule has 0 radical (unpaired) electrons. The van der Waals surface area contributed by atoms with Crippen LogP contribution in [0.5, 0.6) is 0 Å². The van der Waals surface area contributed by atoms with Crippen molar-refractivity contribution >= 4 is 5.97 Å². The number of aliphatic carboxylic acids is 1. The van der Waals surface area contributed by atoms with Gasteiger partial charge in [-0.15, -0.1) is 0 Å². The zero-order valence-electron chi connectivity index (χ0n) is 16.4. The van der Waals surface area contributed by atoms with Crippen LogP contribution in [0.2, 0.25) is 0 Å². The van der Waals surface area contributed by atoms with Gasteiger partial charge in [-0.2, -0.15) is 0 Å². The smallest absolute Gasteiger partial charge is 0.328 e. The Labute approximate surface area is 157 Å². The molecule has 2 nitrogen and oxygen atoms in total. The monoisotopic (exact) mass is 350 g/mol. The lowest BCUT2D eigenvalue weighted by molar-refractivity contribution is -0.131. The maximum atomic E-state index is 10.8. The molecule has 2 fully saturated rings. The molecule has 5 rings (SSSR count). The molecule has 2 atom stereocenters. The van der Waals surface area contributed by atoms with Gasteiger partial charge in [-0.1, -0.05) is 51.1 Å². The first-order chi connectivity index (χ1) is 12.2. The van der Waals surface area contributed by atoms with Gasteiger partial charge >= 0.3 is 5.97 Å². The van der Waals surface area contributed by atoms with Gasteiger partial charge in [0.05, 0.1) is 0 Å². The quantitative estimate of drug-likeness (QED) is 0.562. The summed E-state index contributed by atoms with van der Waals surface area (Å²) < 4.78 is 0. The van der Waals surface area contributed by atoms with E-state index in [1.54, 1.807) is 11.1 Å². The molecule has 0 aliphatic heterocycles. The summed E-state index contributed by atoms with van der Waals surface area (Å²) in [5.74, 6) is -0.376. The molecule has 4 aliphatic carbocycles. The van der Waals surface area contributed by atoms with Gasteiger partial charge in [-0.25, -0.2) is 4.79 Å². The highest BCUT2D eigenvalue weighted by atomic mass is 16.4. The summed E-state index contributed by atoms with van der Waals surface area (Å²) in [6.07, 6.45) is 11.9. The molecule has 1 aromatic carbocycles. The van der Waals surface area contributed by atoms with Crippen molar-refractivity contribution in [1.82, 2.24) is 0 Å². The standard InChI is InChI=1S/C24H30O2/c1-16(13-21(25)26)5-6-18-15-24(18,4)17-7-8-19-20(14-17)23(3)11-9-22(19,2)10-12-23/h5-8,13-14,18H,9-12,15H2,1-4H3,(H,25,26)/b6-5+,16-13+/t18?,22?,23?,24-/m1/s1. The lowest BCUT2D eigenvalue weighted by Gasteiger charge is -2.52. The van der Waals surface area contributed by atoms with Crippen molar-refractivity contribution in [3.05, 3.63) is 58.7 Å². The fraction of sp³-hybridized carbons (Fsp3) is 0.542. The Hall–Kier alpha value is -1.83. The van der Waals surface area contributed by atoms with Crippen LogP contribution in [0.4, 0.5) is 0 Å². The van der Waals surface area contributed by atoms with Crippen LogP contribution in [0, 0.1) is 5.92 Å². The Bertz CT molecular complexity index is 821. The average Bonchev–Trinajstić information content (AvgIpc) is 3.26. The van der Waals surface area contributed by atoms with Gasteiger partial charge in [0.15, 0.2) is 0 Å². The molecule has 0 aromatic heterocycles. The molecular weight excluding hydrogens is 320 g/mol. The third-order valence-electron chi connectivity index (χ3n) is 7.68. The fourth-order valence-corrected chi connectivity index (χ4v) is 5.34. The van der Waals surface area contributed by atoms with Crippen molar-refractivity contribution in [3.8, 4) is 0 Å². The second kappa shape index (κ2) is 5.58. The predicted molar refractivity (Wildman–Crippen MR) is 106 cm³/mol. The number of fused-ring (bicyclic) bond motifs is 2. The van der Waals surface area contributed by atoms with E-state index in [1.807, 2.05) is 13.0 Å². The van der Waals surface area contributed by atoms with Crippen molar-refractivity contribution < 1.29 is 9.90 Å². The highest BCUT2D eigenvalue weighted by Crippen LogP contribution is 2.59. The van der Waals surface area contributed by atoms with Crippen molar-refractivity contribution in [1.29, 1.82) is 0 Å². The topological polar surface area (TPSA) is 37.3 Å². The number of carboxylic acid groups (broad SMARTS) is 1. The van der Waals surface area contributed by atoms with Gasteiger partial charge in [0.2, 0.25) is 0 Å². The molecule has 138 valence electrons. The number of carbonyl (C=O) groups is 1. The Morgan fingerprint density at radius 3 is 2.31 bits per heavy atom. The fourth-order valence-electron chi connectivity index (χ4n) is 5.34. The zero-order valence-corrected chi connectivity index (χ0v) is 16.4. The van der Waals surface area contributed by atoms with Crippen molar-refractivity contribution in [3.63, 3.8) is 0 Å². The summed E-state index contributed by atoms with van der Waals surface area (Å²) >= 11 is 0. The van der Waals surface area contributed by atoms with Crippen molar-refractivity contribution in [2.45, 2.75) is 76.0 Å². The van der Waals surface area contributed by atoms with E-state index in [9.17, 15) is 4.79 Å². The van der Waals surface area contributed by atoms with E-state index in [-0.39, 0.29) is 5.41 Å². The Morgan fingerprint density at radius 2 is 1.69 bits per heavy atom. The van der Waals surface area contributed by atoms with Gasteiger partial charge in [0.25, 0.3) is 0 Å². The van der Waals surface area contributed by atoms with Crippen LogP contribution in [0.3, 0.4) is 0 Å². The Morgan fingerprint density at radius 1 is 1.08 bits per heavy atom. The molecule has 0 spiro atoms. The number of benzene rings is 1. The van der Waals surface area contributed by atoms with Gasteiger partial charge < -0.3 is 5.11 Å². The number of hydrogen-bond donors (Lipinski definition) is 1. The SMILES string of the molecule is CC(/C=C/C1C[C@]1(C)c1ccc2c(c1)C1(C)CCC2(C)CC1)=C\C(=O)O.